The number of benzene rings is 3. The summed E-state index contributed by atoms with van der Waals surface area (Å²) in [6.07, 6.45) is 2.87. The van der Waals surface area contributed by atoms with E-state index >= 15 is 0 Å². The highest BCUT2D eigenvalue weighted by Crippen LogP contribution is 2.44. The molecule has 2 aliphatic heterocycles. The molecule has 202 valence electrons. The Balaban J connectivity index is 1.24. The van der Waals surface area contributed by atoms with Crippen LogP contribution in [-0.2, 0) is 6.42 Å². The van der Waals surface area contributed by atoms with Gasteiger partial charge in [-0.05, 0) is 92.2 Å². The second-order valence-corrected chi connectivity index (χ2v) is 12.0. The smallest absolute Gasteiger partial charge is 0.127 e. The van der Waals surface area contributed by atoms with Crippen LogP contribution < -0.4 is 10.0 Å². The molecule has 0 aromatic heterocycles. The van der Waals surface area contributed by atoms with Gasteiger partial charge in [0.15, 0.2) is 0 Å². The third-order valence-electron chi connectivity index (χ3n) is 8.76. The van der Waals surface area contributed by atoms with E-state index in [0.717, 1.165) is 85.3 Å². The average Bonchev–Trinajstić information content (AvgIpc) is 2.92. The first kappa shape index (κ1) is 27.1. The van der Waals surface area contributed by atoms with Crippen LogP contribution in [0.1, 0.15) is 59.2 Å². The zero-order valence-electron chi connectivity index (χ0n) is 23.1. The van der Waals surface area contributed by atoms with Crippen molar-refractivity contribution >= 4 is 14.5 Å². The topological polar surface area (TPSA) is 35.9 Å². The number of nitrogens with zero attached hydrogens (tertiary/aromatic N) is 2. The Morgan fingerprint density at radius 1 is 0.921 bits per heavy atom. The molecule has 1 fully saturated rings. The van der Waals surface area contributed by atoms with Crippen LogP contribution >= 0.6 is 9.24 Å². The van der Waals surface area contributed by atoms with Crippen LogP contribution in [0.2, 0.25) is 0 Å². The van der Waals surface area contributed by atoms with Crippen LogP contribution in [0.3, 0.4) is 0 Å². The van der Waals surface area contributed by atoms with Crippen LogP contribution in [0.4, 0.5) is 4.39 Å². The maximum atomic E-state index is 13.7. The van der Waals surface area contributed by atoms with E-state index in [2.05, 4.69) is 57.2 Å². The number of halogens is 1. The Morgan fingerprint density at radius 2 is 1.53 bits per heavy atom. The molecule has 4 nitrogen and oxygen atoms in total. The number of fused-ring (bicyclic) bond motifs is 1. The van der Waals surface area contributed by atoms with Gasteiger partial charge in [-0.1, -0.05) is 36.4 Å². The van der Waals surface area contributed by atoms with Crippen LogP contribution in [0, 0.1) is 26.6 Å². The molecule has 2 heterocycles. The summed E-state index contributed by atoms with van der Waals surface area (Å²) in [7, 11) is 2.75. The van der Waals surface area contributed by atoms with Gasteiger partial charge in [0.05, 0.1) is 6.04 Å². The van der Waals surface area contributed by atoms with E-state index < -0.39 is 0 Å². The molecular weight excluding hydrogens is 494 g/mol. The molecule has 1 saturated heterocycles. The van der Waals surface area contributed by atoms with Crippen molar-refractivity contribution in [3.05, 3.63) is 87.7 Å². The molecule has 0 radical (unpaired) electrons. The molecule has 0 spiro atoms. The van der Waals surface area contributed by atoms with Gasteiger partial charge in [-0.2, -0.15) is 0 Å². The number of hydrogen-bond acceptors (Lipinski definition) is 4. The Hall–Kier alpha value is -2.46. The Bertz CT molecular complexity index is 1240. The fourth-order valence-electron chi connectivity index (χ4n) is 6.05. The molecule has 2 aliphatic rings. The summed E-state index contributed by atoms with van der Waals surface area (Å²) in [4.78, 5) is 5.08. The third kappa shape index (κ3) is 5.47. The monoisotopic (exact) mass is 534 g/mol. The van der Waals surface area contributed by atoms with Gasteiger partial charge in [-0.15, -0.1) is 9.24 Å². The van der Waals surface area contributed by atoms with Crippen molar-refractivity contribution in [1.82, 2.24) is 9.80 Å². The minimum absolute atomic E-state index is 0.116. The molecule has 5 rings (SSSR count). The third-order valence-corrected chi connectivity index (χ3v) is 9.14. The lowest BCUT2D eigenvalue weighted by atomic mass is 9.85. The Labute approximate surface area is 229 Å². The molecule has 38 heavy (non-hydrogen) atoms. The number of phenols is 1. The van der Waals surface area contributed by atoms with Crippen molar-refractivity contribution in [3.8, 4) is 11.5 Å². The molecule has 3 aromatic rings. The molecule has 0 bridgehead atoms. The van der Waals surface area contributed by atoms with E-state index in [1.54, 1.807) is 12.1 Å². The van der Waals surface area contributed by atoms with Gasteiger partial charge >= 0.3 is 0 Å². The first-order valence-corrected chi connectivity index (χ1v) is 14.3. The van der Waals surface area contributed by atoms with Crippen LogP contribution in [-0.4, -0.2) is 53.2 Å². The van der Waals surface area contributed by atoms with Crippen molar-refractivity contribution in [2.24, 2.45) is 0 Å². The SMILES string of the molecule is Cc1c(C)c2c(c(C)c1O)CCC(C)(CCN1CCN(C(c3ccc(F)cc3)c3ccc(P)cc3)CC1)O2. The molecule has 3 unspecified atom stereocenters. The molecule has 0 saturated carbocycles. The van der Waals surface area contributed by atoms with Crippen molar-refractivity contribution in [3.63, 3.8) is 0 Å². The summed E-state index contributed by atoms with van der Waals surface area (Å²) in [5, 5.41) is 11.7. The Kier molecular flexibility index (Phi) is 7.82. The summed E-state index contributed by atoms with van der Waals surface area (Å²) in [5.74, 6) is 1.20. The summed E-state index contributed by atoms with van der Waals surface area (Å²) < 4.78 is 20.4. The quantitative estimate of drug-likeness (QED) is 0.403. The molecule has 0 amide bonds. The number of piperazine rings is 1. The lowest BCUT2D eigenvalue weighted by molar-refractivity contribution is 0.0331. The maximum absolute atomic E-state index is 13.7. The van der Waals surface area contributed by atoms with Crippen molar-refractivity contribution < 1.29 is 14.2 Å². The fourth-order valence-corrected chi connectivity index (χ4v) is 6.24. The van der Waals surface area contributed by atoms with E-state index in [9.17, 15) is 9.50 Å². The van der Waals surface area contributed by atoms with Gasteiger partial charge < -0.3 is 14.7 Å². The molecule has 1 N–H and O–H groups in total. The van der Waals surface area contributed by atoms with E-state index in [0.29, 0.717) is 5.75 Å². The fraction of sp³-hybridized carbons (Fsp3) is 0.438. The highest BCUT2D eigenvalue weighted by molar-refractivity contribution is 7.27. The van der Waals surface area contributed by atoms with E-state index in [4.69, 9.17) is 4.74 Å². The van der Waals surface area contributed by atoms with Gasteiger partial charge in [0.2, 0.25) is 0 Å². The lowest BCUT2D eigenvalue weighted by Gasteiger charge is -2.42. The number of ether oxygens (including phenoxy) is 1. The number of aromatic hydroxyl groups is 1. The van der Waals surface area contributed by atoms with E-state index in [1.807, 2.05) is 26.0 Å². The predicted molar refractivity (Wildman–Crippen MR) is 156 cm³/mol. The molecule has 3 atom stereocenters. The highest BCUT2D eigenvalue weighted by atomic mass is 31.0. The summed E-state index contributed by atoms with van der Waals surface area (Å²) in [5.41, 5.74) is 6.27. The number of rotatable bonds is 6. The van der Waals surface area contributed by atoms with Crippen LogP contribution in [0.25, 0.3) is 0 Å². The van der Waals surface area contributed by atoms with Crippen LogP contribution in [0.5, 0.6) is 11.5 Å². The molecule has 3 aromatic carbocycles. The first-order chi connectivity index (χ1) is 18.1. The normalized spacial score (nSPS) is 21.1. The summed E-state index contributed by atoms with van der Waals surface area (Å²) >= 11 is 0. The minimum atomic E-state index is -0.207. The Morgan fingerprint density at radius 3 is 2.16 bits per heavy atom. The summed E-state index contributed by atoms with van der Waals surface area (Å²) in [6.45, 7) is 13.2. The number of phenolic OH excluding ortho intramolecular Hbond substituents is 1. The van der Waals surface area contributed by atoms with Crippen LogP contribution in [0.15, 0.2) is 48.5 Å². The molecule has 0 aliphatic carbocycles. The van der Waals surface area contributed by atoms with Gasteiger partial charge in [0.25, 0.3) is 0 Å². The van der Waals surface area contributed by atoms with E-state index in [1.165, 1.54) is 11.1 Å². The average molecular weight is 535 g/mol. The lowest BCUT2D eigenvalue weighted by Crippen LogP contribution is -2.49. The second-order valence-electron chi connectivity index (χ2n) is 11.3. The van der Waals surface area contributed by atoms with E-state index in [-0.39, 0.29) is 17.5 Å². The number of hydrogen-bond donors (Lipinski definition) is 1. The second kappa shape index (κ2) is 11.0. The first-order valence-electron chi connectivity index (χ1n) is 13.7. The van der Waals surface area contributed by atoms with Gasteiger partial charge in [-0.3, -0.25) is 4.90 Å². The zero-order valence-corrected chi connectivity index (χ0v) is 24.2. The van der Waals surface area contributed by atoms with Crippen molar-refractivity contribution in [2.75, 3.05) is 32.7 Å². The van der Waals surface area contributed by atoms with Gasteiger partial charge in [0.1, 0.15) is 22.9 Å². The molecular formula is C32H40FN2O2P. The van der Waals surface area contributed by atoms with Gasteiger partial charge in [-0.25, -0.2) is 4.39 Å². The van der Waals surface area contributed by atoms with Gasteiger partial charge in [0, 0.05) is 38.3 Å². The minimum Gasteiger partial charge on any atom is -0.507 e. The van der Waals surface area contributed by atoms with Crippen molar-refractivity contribution in [1.29, 1.82) is 0 Å². The molecule has 6 heteroatoms. The standard InChI is InChI=1S/C32H40FN2O2P/c1-21-22(2)31-28(23(3)30(21)36)13-14-32(4,37-31)15-16-34-17-19-35(20-18-34)29(24-5-9-26(33)10-6-24)25-7-11-27(38)12-8-25/h5-12,29,36H,13-20,38H2,1-4H3. The summed E-state index contributed by atoms with van der Waals surface area (Å²) in [6, 6.07) is 15.7. The zero-order chi connectivity index (χ0) is 27.0. The van der Waals surface area contributed by atoms with Crippen molar-refractivity contribution in [2.45, 2.75) is 58.6 Å². The predicted octanol–water partition coefficient (Wildman–Crippen LogP) is 5.84. The highest BCUT2D eigenvalue weighted by Gasteiger charge is 2.35. The largest absolute Gasteiger partial charge is 0.507 e. The maximum Gasteiger partial charge on any atom is 0.127 e.